The highest BCUT2D eigenvalue weighted by Crippen LogP contribution is 2.44. The first-order valence-corrected chi connectivity index (χ1v) is 13.1. The summed E-state index contributed by atoms with van der Waals surface area (Å²) < 4.78 is 0. The van der Waals surface area contributed by atoms with Gasteiger partial charge in [-0.15, -0.1) is 0 Å². The van der Waals surface area contributed by atoms with E-state index in [1.807, 2.05) is 12.3 Å². The van der Waals surface area contributed by atoms with Gasteiger partial charge < -0.3 is 5.32 Å². The molecule has 0 unspecified atom stereocenters. The highest BCUT2D eigenvalue weighted by molar-refractivity contribution is 6.18. The molecule has 1 N–H and O–H groups in total. The lowest BCUT2D eigenvalue weighted by atomic mass is 9.88. The maximum Gasteiger partial charge on any atom is 0.0787 e. The van der Waals surface area contributed by atoms with Crippen molar-refractivity contribution < 1.29 is 0 Å². The van der Waals surface area contributed by atoms with E-state index >= 15 is 0 Å². The lowest BCUT2D eigenvalue weighted by Crippen LogP contribution is -2.07. The molecule has 0 saturated heterocycles. The summed E-state index contributed by atoms with van der Waals surface area (Å²) in [7, 11) is 0. The Bertz CT molecular complexity index is 2080. The summed E-state index contributed by atoms with van der Waals surface area (Å²) in [6.45, 7) is 0.814. The molecule has 8 rings (SSSR count). The molecular weight excluding hydrogens is 460 g/mol. The molecule has 0 atom stereocenters. The van der Waals surface area contributed by atoms with Gasteiger partial charge in [-0.05, 0) is 74.1 Å². The number of nitrogens with one attached hydrogen (secondary N) is 1. The quantitative estimate of drug-likeness (QED) is 0.247. The summed E-state index contributed by atoms with van der Waals surface area (Å²) in [5.41, 5.74) is 8.33. The number of benzene rings is 6. The van der Waals surface area contributed by atoms with Crippen molar-refractivity contribution in [3.8, 4) is 22.3 Å². The van der Waals surface area contributed by atoms with Crippen LogP contribution in [-0.4, -0.2) is 11.5 Å². The summed E-state index contributed by atoms with van der Waals surface area (Å²) in [6, 6.07) is 39.6. The molecule has 0 fully saturated rings. The Morgan fingerprint density at radius 2 is 1.21 bits per heavy atom. The Labute approximate surface area is 220 Å². The summed E-state index contributed by atoms with van der Waals surface area (Å²) in [6.07, 6.45) is 6.39. The third-order valence-corrected chi connectivity index (χ3v) is 7.85. The second-order valence-corrected chi connectivity index (χ2v) is 10.0. The number of nitrogens with zero attached hydrogens (tertiary/aromatic N) is 1. The van der Waals surface area contributed by atoms with Crippen LogP contribution >= 0.6 is 0 Å². The van der Waals surface area contributed by atoms with Crippen LogP contribution < -0.4 is 5.32 Å². The zero-order valence-electron chi connectivity index (χ0n) is 20.8. The summed E-state index contributed by atoms with van der Waals surface area (Å²) in [5, 5.41) is 12.3. The van der Waals surface area contributed by atoms with E-state index in [0.717, 1.165) is 12.1 Å². The van der Waals surface area contributed by atoms with E-state index in [9.17, 15) is 0 Å². The molecule has 0 spiro atoms. The van der Waals surface area contributed by atoms with Gasteiger partial charge in [0.05, 0.1) is 11.2 Å². The van der Waals surface area contributed by atoms with Crippen LogP contribution in [0, 0.1) is 0 Å². The van der Waals surface area contributed by atoms with Crippen LogP contribution in [0.4, 0.5) is 5.69 Å². The van der Waals surface area contributed by atoms with E-state index in [4.69, 9.17) is 4.98 Å². The topological polar surface area (TPSA) is 24.9 Å². The number of fused-ring (bicyclic) bond motifs is 7. The minimum Gasteiger partial charge on any atom is -0.381 e. The first kappa shape index (κ1) is 21.2. The number of hydrogen-bond acceptors (Lipinski definition) is 2. The predicted molar refractivity (Wildman–Crippen MR) is 163 cm³/mol. The molecule has 6 aromatic carbocycles. The van der Waals surface area contributed by atoms with Gasteiger partial charge in [-0.25, -0.2) is 0 Å². The minimum absolute atomic E-state index is 0.814. The third kappa shape index (κ3) is 3.24. The van der Waals surface area contributed by atoms with Crippen LogP contribution in [-0.2, 0) is 0 Å². The van der Waals surface area contributed by atoms with Gasteiger partial charge in [0.15, 0.2) is 0 Å². The van der Waals surface area contributed by atoms with Gasteiger partial charge in [0, 0.05) is 34.5 Å². The first-order valence-electron chi connectivity index (χ1n) is 13.1. The normalized spacial score (nSPS) is 12.7. The van der Waals surface area contributed by atoms with Crippen molar-refractivity contribution in [2.75, 3.05) is 11.9 Å². The number of pyridine rings is 1. The summed E-state index contributed by atoms with van der Waals surface area (Å²) >= 11 is 0. The van der Waals surface area contributed by atoms with Gasteiger partial charge in [-0.1, -0.05) is 91.0 Å². The van der Waals surface area contributed by atoms with Gasteiger partial charge in [0.1, 0.15) is 0 Å². The van der Waals surface area contributed by atoms with Crippen molar-refractivity contribution in [1.82, 2.24) is 4.98 Å². The van der Waals surface area contributed by atoms with E-state index in [-0.39, 0.29) is 0 Å². The molecule has 2 heteroatoms. The van der Waals surface area contributed by atoms with E-state index in [1.54, 1.807) is 0 Å². The van der Waals surface area contributed by atoms with Crippen LogP contribution in [0.15, 0.2) is 121 Å². The highest BCUT2D eigenvalue weighted by Gasteiger charge is 2.19. The van der Waals surface area contributed by atoms with Crippen LogP contribution in [0.25, 0.3) is 71.6 Å². The zero-order valence-corrected chi connectivity index (χ0v) is 20.8. The Balaban J connectivity index is 1.45. The van der Waals surface area contributed by atoms with Crippen LogP contribution in [0.1, 0.15) is 5.56 Å². The fraction of sp³-hybridized carbons (Fsp3) is 0.0278. The molecule has 7 aromatic rings. The molecule has 0 amide bonds. The molecule has 38 heavy (non-hydrogen) atoms. The number of anilines is 1. The molecule has 0 bridgehead atoms. The maximum atomic E-state index is 4.95. The largest absolute Gasteiger partial charge is 0.381 e. The zero-order chi connectivity index (χ0) is 25.1. The minimum atomic E-state index is 0.814. The molecule has 1 aromatic heterocycles. The van der Waals surface area contributed by atoms with E-state index in [2.05, 4.69) is 121 Å². The van der Waals surface area contributed by atoms with Crippen molar-refractivity contribution in [1.29, 1.82) is 0 Å². The molecular formula is C36H24N2. The Morgan fingerprint density at radius 3 is 1.95 bits per heavy atom. The number of aromatic nitrogens is 1. The molecule has 1 aliphatic rings. The van der Waals surface area contributed by atoms with Crippen molar-refractivity contribution in [3.63, 3.8) is 0 Å². The van der Waals surface area contributed by atoms with Gasteiger partial charge in [0.2, 0.25) is 0 Å². The van der Waals surface area contributed by atoms with E-state index in [1.165, 1.54) is 71.2 Å². The molecule has 1 aliphatic heterocycles. The monoisotopic (exact) mass is 484 g/mol. The fourth-order valence-corrected chi connectivity index (χ4v) is 6.01. The second kappa shape index (κ2) is 8.29. The summed E-state index contributed by atoms with van der Waals surface area (Å²) in [5.74, 6) is 0. The molecule has 0 saturated carbocycles. The van der Waals surface area contributed by atoms with Gasteiger partial charge in [0.25, 0.3) is 0 Å². The average Bonchev–Trinajstić information content (AvgIpc) is 2.99. The van der Waals surface area contributed by atoms with Crippen LogP contribution in [0.2, 0.25) is 0 Å². The van der Waals surface area contributed by atoms with E-state index in [0.29, 0.717) is 0 Å². The molecule has 0 aliphatic carbocycles. The fourth-order valence-electron chi connectivity index (χ4n) is 6.01. The molecule has 178 valence electrons. The highest BCUT2D eigenvalue weighted by atomic mass is 14.9. The van der Waals surface area contributed by atoms with Crippen molar-refractivity contribution in [3.05, 3.63) is 127 Å². The number of hydrogen-bond donors (Lipinski definition) is 1. The Hall–Kier alpha value is -4.95. The second-order valence-electron chi connectivity index (χ2n) is 10.0. The van der Waals surface area contributed by atoms with Crippen molar-refractivity contribution in [2.45, 2.75) is 0 Å². The third-order valence-electron chi connectivity index (χ3n) is 7.85. The van der Waals surface area contributed by atoms with Crippen molar-refractivity contribution in [2.24, 2.45) is 0 Å². The Morgan fingerprint density at radius 1 is 0.553 bits per heavy atom. The van der Waals surface area contributed by atoms with Gasteiger partial charge in [-0.3, -0.25) is 4.98 Å². The Kier molecular flexibility index (Phi) is 4.62. The van der Waals surface area contributed by atoms with Gasteiger partial charge in [-0.2, -0.15) is 0 Å². The molecule has 0 radical (unpaired) electrons. The van der Waals surface area contributed by atoms with Crippen molar-refractivity contribution >= 4 is 55.0 Å². The smallest absolute Gasteiger partial charge is 0.0787 e. The van der Waals surface area contributed by atoms with Crippen LogP contribution in [0.3, 0.4) is 0 Å². The first-order chi connectivity index (χ1) is 18.8. The SMILES string of the molecule is C1=Cc2c(-c3ccc4ccccc4c3)cc3c(cc(-c4ccc5ccccc5c4)c4cccnc43)c2NC1. The maximum absolute atomic E-state index is 4.95. The lowest BCUT2D eigenvalue weighted by molar-refractivity contribution is 1.32. The molecule has 2 nitrogen and oxygen atoms in total. The average molecular weight is 485 g/mol. The lowest BCUT2D eigenvalue weighted by Gasteiger charge is -2.22. The predicted octanol–water partition coefficient (Wildman–Crippen LogP) is 9.47. The standard InChI is InChI=1S/C36H24N2/c1-3-9-25-19-27(15-13-23(25)7-1)31-21-33-34(35-29(31)11-5-17-37-35)22-32(30-12-6-18-38-36(30)33)28-16-14-24-8-2-4-10-26(24)20-28/h1-17,19-22,38H,18H2. The summed E-state index contributed by atoms with van der Waals surface area (Å²) in [4.78, 5) is 4.95. The molecule has 2 heterocycles. The van der Waals surface area contributed by atoms with Gasteiger partial charge >= 0.3 is 0 Å². The van der Waals surface area contributed by atoms with Crippen LogP contribution in [0.5, 0.6) is 0 Å². The number of rotatable bonds is 2. The van der Waals surface area contributed by atoms with E-state index < -0.39 is 0 Å².